The van der Waals surface area contributed by atoms with Crippen LogP contribution < -0.4 is 4.74 Å². The highest BCUT2D eigenvalue weighted by molar-refractivity contribution is 6.37. The van der Waals surface area contributed by atoms with Crippen LogP contribution >= 0.6 is 23.2 Å². The van der Waals surface area contributed by atoms with E-state index in [-0.39, 0.29) is 0 Å². The lowest BCUT2D eigenvalue weighted by molar-refractivity contribution is 0.415. The Morgan fingerprint density at radius 1 is 1.07 bits per heavy atom. The fourth-order valence-electron chi connectivity index (χ4n) is 1.11. The van der Waals surface area contributed by atoms with Crippen LogP contribution in [0.4, 0.5) is 0 Å². The van der Waals surface area contributed by atoms with Crippen LogP contribution in [0.5, 0.6) is 5.75 Å². The van der Waals surface area contributed by atoms with E-state index in [0.29, 0.717) is 21.7 Å². The van der Waals surface area contributed by atoms with E-state index >= 15 is 0 Å². The maximum absolute atomic E-state index is 5.97. The van der Waals surface area contributed by atoms with Gasteiger partial charge in [-0.25, -0.2) is 0 Å². The molecule has 0 aromatic heterocycles. The summed E-state index contributed by atoms with van der Waals surface area (Å²) in [5.74, 6) is 0.966. The van der Waals surface area contributed by atoms with E-state index in [1.165, 1.54) is 0 Å². The molecule has 1 aromatic rings. The van der Waals surface area contributed by atoms with E-state index in [1.807, 2.05) is 26.0 Å². The van der Waals surface area contributed by atoms with Gasteiger partial charge < -0.3 is 4.74 Å². The van der Waals surface area contributed by atoms with Crippen LogP contribution in [0.25, 0.3) is 0 Å². The second kappa shape index (κ2) is 6.97. The molecule has 1 aromatic carbocycles. The Labute approximate surface area is 102 Å². The van der Waals surface area contributed by atoms with Gasteiger partial charge in [0, 0.05) is 0 Å². The number of methoxy groups -OCH3 is 1. The first-order valence-electron chi connectivity index (χ1n) is 5.09. The molecule has 0 unspecified atom stereocenters. The van der Waals surface area contributed by atoms with Gasteiger partial charge in [0.25, 0.3) is 0 Å². The van der Waals surface area contributed by atoms with Gasteiger partial charge in [-0.3, -0.25) is 0 Å². The fourth-order valence-corrected chi connectivity index (χ4v) is 1.77. The van der Waals surface area contributed by atoms with Crippen molar-refractivity contribution in [2.45, 2.75) is 33.6 Å². The normalized spacial score (nSPS) is 9.60. The number of ether oxygens (including phenoxy) is 1. The Morgan fingerprint density at radius 3 is 1.73 bits per heavy atom. The fraction of sp³-hybridized carbons (Fsp3) is 0.500. The largest absolute Gasteiger partial charge is 0.494 e. The minimum Gasteiger partial charge on any atom is -0.494 e. The van der Waals surface area contributed by atoms with Gasteiger partial charge in [0.1, 0.15) is 0 Å². The third-order valence-electron chi connectivity index (χ3n) is 1.89. The monoisotopic (exact) mass is 248 g/mol. The molecule has 0 fully saturated rings. The van der Waals surface area contributed by atoms with Crippen molar-refractivity contribution < 1.29 is 4.74 Å². The minimum atomic E-state index is 0.418. The molecule has 0 saturated carbocycles. The van der Waals surface area contributed by atoms with Crippen molar-refractivity contribution in [2.24, 2.45) is 0 Å². The van der Waals surface area contributed by atoms with Crippen molar-refractivity contribution in [1.82, 2.24) is 0 Å². The summed E-state index contributed by atoms with van der Waals surface area (Å²) < 4.78 is 5.05. The highest BCUT2D eigenvalue weighted by Gasteiger charge is 2.09. The molecule has 0 saturated heterocycles. The van der Waals surface area contributed by atoms with Gasteiger partial charge in [0.15, 0.2) is 5.75 Å². The highest BCUT2D eigenvalue weighted by Crippen LogP contribution is 2.35. The Morgan fingerprint density at radius 2 is 1.47 bits per heavy atom. The molecule has 0 atom stereocenters. The molecular weight excluding hydrogens is 231 g/mol. The zero-order valence-electron chi connectivity index (χ0n) is 9.90. The maximum Gasteiger partial charge on any atom is 0.156 e. The summed E-state index contributed by atoms with van der Waals surface area (Å²) >= 11 is 11.9. The molecule has 0 aliphatic rings. The van der Waals surface area contributed by atoms with Crippen LogP contribution in [-0.4, -0.2) is 7.11 Å². The van der Waals surface area contributed by atoms with Crippen LogP contribution in [-0.2, 0) is 0 Å². The number of rotatable bonds is 2. The predicted molar refractivity (Wildman–Crippen MR) is 68.5 cm³/mol. The third-order valence-corrected chi connectivity index (χ3v) is 2.45. The Hall–Kier alpha value is -0.400. The van der Waals surface area contributed by atoms with Crippen molar-refractivity contribution in [1.29, 1.82) is 0 Å². The highest BCUT2D eigenvalue weighted by atomic mass is 35.5. The van der Waals surface area contributed by atoms with Gasteiger partial charge in [-0.05, 0) is 23.6 Å². The predicted octanol–water partition coefficient (Wildman–Crippen LogP) is 5.15. The molecule has 1 rings (SSSR count). The van der Waals surface area contributed by atoms with Crippen LogP contribution in [0.3, 0.4) is 0 Å². The number of hydrogen-bond acceptors (Lipinski definition) is 1. The zero-order valence-corrected chi connectivity index (χ0v) is 11.4. The van der Waals surface area contributed by atoms with Crippen LogP contribution in [0.15, 0.2) is 12.1 Å². The Bertz CT molecular complexity index is 285. The SMILES string of the molecule is CC.COc1c(Cl)cc(C(C)C)cc1Cl. The van der Waals surface area contributed by atoms with Crippen molar-refractivity contribution in [3.05, 3.63) is 27.7 Å². The van der Waals surface area contributed by atoms with Crippen molar-refractivity contribution in [3.63, 3.8) is 0 Å². The average molecular weight is 249 g/mol. The first-order valence-corrected chi connectivity index (χ1v) is 5.84. The zero-order chi connectivity index (χ0) is 12.0. The van der Waals surface area contributed by atoms with Crippen molar-refractivity contribution in [2.75, 3.05) is 7.11 Å². The Balaban J connectivity index is 0.000000921. The smallest absolute Gasteiger partial charge is 0.156 e. The molecule has 15 heavy (non-hydrogen) atoms. The van der Waals surface area contributed by atoms with E-state index in [2.05, 4.69) is 13.8 Å². The molecular formula is C12H18Cl2O. The molecule has 0 amide bonds. The van der Waals surface area contributed by atoms with E-state index < -0.39 is 0 Å². The van der Waals surface area contributed by atoms with Gasteiger partial charge in [-0.2, -0.15) is 0 Å². The van der Waals surface area contributed by atoms with Crippen molar-refractivity contribution in [3.8, 4) is 5.75 Å². The van der Waals surface area contributed by atoms with Gasteiger partial charge >= 0.3 is 0 Å². The summed E-state index contributed by atoms with van der Waals surface area (Å²) in [6.07, 6.45) is 0. The molecule has 0 aliphatic heterocycles. The number of benzene rings is 1. The first-order chi connectivity index (χ1) is 7.06. The average Bonchev–Trinajstić information content (AvgIpc) is 2.20. The van der Waals surface area contributed by atoms with E-state index in [4.69, 9.17) is 27.9 Å². The molecule has 0 bridgehead atoms. The van der Waals surface area contributed by atoms with Gasteiger partial charge in [-0.1, -0.05) is 50.9 Å². The lowest BCUT2D eigenvalue weighted by Gasteiger charge is -2.10. The molecule has 86 valence electrons. The number of hydrogen-bond donors (Lipinski definition) is 0. The summed E-state index contributed by atoms with van der Waals surface area (Å²) in [4.78, 5) is 0. The number of halogens is 2. The summed E-state index contributed by atoms with van der Waals surface area (Å²) in [6.45, 7) is 8.18. The second-order valence-corrected chi connectivity index (χ2v) is 3.99. The van der Waals surface area contributed by atoms with Gasteiger partial charge in [0.05, 0.1) is 17.2 Å². The van der Waals surface area contributed by atoms with Crippen LogP contribution in [0.1, 0.15) is 39.2 Å². The Kier molecular flexibility index (Phi) is 6.78. The summed E-state index contributed by atoms with van der Waals surface area (Å²) in [5.41, 5.74) is 1.12. The van der Waals surface area contributed by atoms with E-state index in [1.54, 1.807) is 7.11 Å². The molecule has 0 N–H and O–H groups in total. The molecule has 1 nitrogen and oxygen atoms in total. The summed E-state index contributed by atoms with van der Waals surface area (Å²) in [5, 5.41) is 1.14. The van der Waals surface area contributed by atoms with E-state index in [0.717, 1.165) is 5.56 Å². The van der Waals surface area contributed by atoms with Gasteiger partial charge in [-0.15, -0.1) is 0 Å². The summed E-state index contributed by atoms with van der Waals surface area (Å²) in [7, 11) is 1.56. The first kappa shape index (κ1) is 14.6. The third kappa shape index (κ3) is 3.92. The maximum atomic E-state index is 5.97. The topological polar surface area (TPSA) is 9.23 Å². The molecule has 3 heteroatoms. The van der Waals surface area contributed by atoms with Gasteiger partial charge in [0.2, 0.25) is 0 Å². The van der Waals surface area contributed by atoms with Crippen LogP contribution in [0, 0.1) is 0 Å². The molecule has 0 aliphatic carbocycles. The molecule has 0 radical (unpaired) electrons. The minimum absolute atomic E-state index is 0.418. The summed E-state index contributed by atoms with van der Waals surface area (Å²) in [6, 6.07) is 3.77. The van der Waals surface area contributed by atoms with Crippen LogP contribution in [0.2, 0.25) is 10.0 Å². The standard InChI is InChI=1S/C10H12Cl2O.C2H6/c1-6(2)7-4-8(11)10(13-3)9(12)5-7;1-2/h4-6H,1-3H3;1-2H3. The lowest BCUT2D eigenvalue weighted by atomic mass is 10.0. The second-order valence-electron chi connectivity index (χ2n) is 3.17. The quantitative estimate of drug-likeness (QED) is 0.704. The lowest BCUT2D eigenvalue weighted by Crippen LogP contribution is -1.91. The molecule has 0 heterocycles. The van der Waals surface area contributed by atoms with Crippen molar-refractivity contribution >= 4 is 23.2 Å². The molecule has 0 spiro atoms. The van der Waals surface area contributed by atoms with E-state index in [9.17, 15) is 0 Å².